The van der Waals surface area contributed by atoms with Crippen LogP contribution in [0.2, 0.25) is 0 Å². The van der Waals surface area contributed by atoms with Gasteiger partial charge >= 0.3 is 0 Å². The van der Waals surface area contributed by atoms with E-state index in [1.807, 2.05) is 37.3 Å². The second-order valence-corrected chi connectivity index (χ2v) is 5.26. The lowest BCUT2D eigenvalue weighted by Crippen LogP contribution is -2.36. The highest BCUT2D eigenvalue weighted by Gasteiger charge is 2.10. The maximum absolute atomic E-state index is 11.9. The molecule has 1 aromatic heterocycles. The highest BCUT2D eigenvalue weighted by atomic mass is 32.1. The van der Waals surface area contributed by atoms with Gasteiger partial charge in [0, 0.05) is 11.2 Å². The summed E-state index contributed by atoms with van der Waals surface area (Å²) in [6, 6.07) is 9.67. The number of fused-ring (bicyclic) bond motifs is 1. The van der Waals surface area contributed by atoms with Crippen molar-refractivity contribution in [1.82, 2.24) is 10.6 Å². The van der Waals surface area contributed by atoms with E-state index in [1.54, 1.807) is 0 Å². The zero-order chi connectivity index (χ0) is 13.7. The molecule has 2 N–H and O–H groups in total. The Morgan fingerprint density at radius 3 is 2.74 bits per heavy atom. The minimum atomic E-state index is -0.201. The summed E-state index contributed by atoms with van der Waals surface area (Å²) in [5.74, 6) is -0.357. The van der Waals surface area contributed by atoms with Crippen LogP contribution in [0.3, 0.4) is 0 Å². The summed E-state index contributed by atoms with van der Waals surface area (Å²) < 4.78 is 1.07. The van der Waals surface area contributed by atoms with Crippen molar-refractivity contribution < 1.29 is 9.59 Å². The predicted octanol–water partition coefficient (Wildman–Crippen LogP) is 2.16. The molecule has 19 heavy (non-hydrogen) atoms. The number of amides is 2. The third kappa shape index (κ3) is 3.54. The van der Waals surface area contributed by atoms with Crippen molar-refractivity contribution in [3.05, 3.63) is 35.2 Å². The van der Waals surface area contributed by atoms with Crippen LogP contribution in [0, 0.1) is 0 Å². The smallest absolute Gasteiger partial charge is 0.261 e. The molecular formula is C14H16N2O2S. The highest BCUT2D eigenvalue weighted by Crippen LogP contribution is 2.24. The molecule has 0 saturated carbocycles. The van der Waals surface area contributed by atoms with Gasteiger partial charge in [-0.25, -0.2) is 0 Å². The van der Waals surface area contributed by atoms with E-state index in [1.165, 1.54) is 11.3 Å². The van der Waals surface area contributed by atoms with Crippen LogP contribution in [-0.2, 0) is 4.79 Å². The number of carbonyl (C=O) groups excluding carboxylic acids is 2. The summed E-state index contributed by atoms with van der Waals surface area (Å²) in [5.41, 5.74) is 0. The third-order valence-corrected chi connectivity index (χ3v) is 3.75. The van der Waals surface area contributed by atoms with Gasteiger partial charge in [0.25, 0.3) is 5.91 Å². The predicted molar refractivity (Wildman–Crippen MR) is 77.5 cm³/mol. The van der Waals surface area contributed by atoms with Gasteiger partial charge in [0.05, 0.1) is 11.4 Å². The van der Waals surface area contributed by atoms with Gasteiger partial charge in [-0.15, -0.1) is 11.3 Å². The van der Waals surface area contributed by atoms with E-state index in [-0.39, 0.29) is 18.4 Å². The summed E-state index contributed by atoms with van der Waals surface area (Å²) >= 11 is 1.43. The number of hydrogen-bond donors (Lipinski definition) is 2. The minimum absolute atomic E-state index is 0.0209. The number of carbonyl (C=O) groups is 2. The van der Waals surface area contributed by atoms with Gasteiger partial charge < -0.3 is 10.6 Å². The number of nitrogens with one attached hydrogen (secondary N) is 2. The van der Waals surface area contributed by atoms with Crippen LogP contribution in [0.5, 0.6) is 0 Å². The van der Waals surface area contributed by atoms with Crippen molar-refractivity contribution in [2.45, 2.75) is 13.3 Å². The largest absolute Gasteiger partial charge is 0.355 e. The Morgan fingerprint density at radius 2 is 2.00 bits per heavy atom. The lowest BCUT2D eigenvalue weighted by atomic mass is 10.2. The Balaban J connectivity index is 1.94. The lowest BCUT2D eigenvalue weighted by Gasteiger charge is -2.04. The monoisotopic (exact) mass is 276 g/mol. The van der Waals surface area contributed by atoms with E-state index >= 15 is 0 Å². The van der Waals surface area contributed by atoms with Crippen molar-refractivity contribution in [2.24, 2.45) is 0 Å². The molecule has 0 aliphatic heterocycles. The van der Waals surface area contributed by atoms with Crippen molar-refractivity contribution in [1.29, 1.82) is 0 Å². The first-order valence-electron chi connectivity index (χ1n) is 6.24. The Labute approximate surface area is 115 Å². The molecule has 0 fully saturated rings. The molecule has 0 aliphatic carbocycles. The van der Waals surface area contributed by atoms with Gasteiger partial charge in [0.2, 0.25) is 5.91 Å². The van der Waals surface area contributed by atoms with Gasteiger partial charge in [-0.3, -0.25) is 9.59 Å². The SMILES string of the molecule is CCCNC(=O)CNC(=O)c1cc2ccccc2s1. The van der Waals surface area contributed by atoms with E-state index in [0.29, 0.717) is 11.4 Å². The van der Waals surface area contributed by atoms with Gasteiger partial charge in [-0.1, -0.05) is 25.1 Å². The molecule has 100 valence electrons. The molecule has 0 bridgehead atoms. The van der Waals surface area contributed by atoms with Crippen LogP contribution in [0.1, 0.15) is 23.0 Å². The molecule has 1 heterocycles. The molecule has 2 aromatic rings. The summed E-state index contributed by atoms with van der Waals surface area (Å²) in [4.78, 5) is 23.9. The molecule has 2 amide bonds. The number of rotatable bonds is 5. The zero-order valence-electron chi connectivity index (χ0n) is 10.7. The van der Waals surface area contributed by atoms with Crippen LogP contribution in [-0.4, -0.2) is 24.9 Å². The number of benzene rings is 1. The molecule has 2 rings (SSSR count). The number of thiophene rings is 1. The van der Waals surface area contributed by atoms with Gasteiger partial charge in [0.15, 0.2) is 0 Å². The van der Waals surface area contributed by atoms with Crippen molar-refractivity contribution in [3.8, 4) is 0 Å². The topological polar surface area (TPSA) is 58.2 Å². The minimum Gasteiger partial charge on any atom is -0.355 e. The standard InChI is InChI=1S/C14H16N2O2S/c1-2-7-15-13(17)9-16-14(18)12-8-10-5-3-4-6-11(10)19-12/h3-6,8H,2,7,9H2,1H3,(H,15,17)(H,16,18). The number of hydrogen-bond acceptors (Lipinski definition) is 3. The molecule has 0 unspecified atom stereocenters. The van der Waals surface area contributed by atoms with E-state index in [9.17, 15) is 9.59 Å². The third-order valence-electron chi connectivity index (χ3n) is 2.63. The highest BCUT2D eigenvalue weighted by molar-refractivity contribution is 7.20. The zero-order valence-corrected chi connectivity index (χ0v) is 11.5. The first-order valence-corrected chi connectivity index (χ1v) is 7.06. The van der Waals surface area contributed by atoms with Crippen LogP contribution < -0.4 is 10.6 Å². The van der Waals surface area contributed by atoms with Crippen LogP contribution in [0.4, 0.5) is 0 Å². The Bertz CT molecular complexity index is 559. The van der Waals surface area contributed by atoms with Gasteiger partial charge in [0.1, 0.15) is 0 Å². The van der Waals surface area contributed by atoms with Crippen LogP contribution >= 0.6 is 11.3 Å². The molecule has 0 spiro atoms. The van der Waals surface area contributed by atoms with Gasteiger partial charge in [-0.05, 0) is 23.9 Å². The molecule has 0 radical (unpaired) electrons. The fourth-order valence-electron chi connectivity index (χ4n) is 1.67. The fraction of sp³-hybridized carbons (Fsp3) is 0.286. The maximum atomic E-state index is 11.9. The van der Waals surface area contributed by atoms with Crippen molar-refractivity contribution in [3.63, 3.8) is 0 Å². The lowest BCUT2D eigenvalue weighted by molar-refractivity contribution is -0.120. The van der Waals surface area contributed by atoms with E-state index < -0.39 is 0 Å². The van der Waals surface area contributed by atoms with Gasteiger partial charge in [-0.2, -0.15) is 0 Å². The Kier molecular flexibility index (Phi) is 4.52. The van der Waals surface area contributed by atoms with E-state index in [4.69, 9.17) is 0 Å². The van der Waals surface area contributed by atoms with Crippen LogP contribution in [0.15, 0.2) is 30.3 Å². The normalized spacial score (nSPS) is 10.4. The van der Waals surface area contributed by atoms with Crippen LogP contribution in [0.25, 0.3) is 10.1 Å². The average molecular weight is 276 g/mol. The van der Waals surface area contributed by atoms with E-state index in [2.05, 4.69) is 10.6 Å². The average Bonchev–Trinajstić information content (AvgIpc) is 2.86. The summed E-state index contributed by atoms with van der Waals surface area (Å²) in [7, 11) is 0. The first-order chi connectivity index (χ1) is 9.20. The van der Waals surface area contributed by atoms with Crippen molar-refractivity contribution in [2.75, 3.05) is 13.1 Å². The second-order valence-electron chi connectivity index (χ2n) is 4.18. The first kappa shape index (κ1) is 13.5. The van der Waals surface area contributed by atoms with Crippen molar-refractivity contribution >= 4 is 33.2 Å². The summed E-state index contributed by atoms with van der Waals surface area (Å²) in [5, 5.41) is 6.39. The molecule has 0 aliphatic rings. The molecule has 1 aromatic carbocycles. The molecule has 5 heteroatoms. The summed E-state index contributed by atoms with van der Waals surface area (Å²) in [6.07, 6.45) is 0.885. The van der Waals surface area contributed by atoms with E-state index in [0.717, 1.165) is 16.5 Å². The molecular weight excluding hydrogens is 260 g/mol. The maximum Gasteiger partial charge on any atom is 0.261 e. The second kappa shape index (κ2) is 6.33. The summed E-state index contributed by atoms with van der Waals surface area (Å²) in [6.45, 7) is 2.64. The molecule has 0 atom stereocenters. The molecule has 4 nitrogen and oxygen atoms in total. The Hall–Kier alpha value is -1.88. The fourth-order valence-corrected chi connectivity index (χ4v) is 2.65. The molecule has 0 saturated heterocycles. The quantitative estimate of drug-likeness (QED) is 0.879. The Morgan fingerprint density at radius 1 is 1.21 bits per heavy atom.